The molecule has 0 fully saturated rings. The largest absolute Gasteiger partial charge is 0.435 e. The van der Waals surface area contributed by atoms with E-state index < -0.39 is 0 Å². The molecule has 8 aromatic carbocycles. The van der Waals surface area contributed by atoms with E-state index in [1.54, 1.807) is 0 Å². The molecule has 0 unspecified atom stereocenters. The smallest absolute Gasteiger partial charge is 0.227 e. The van der Waals surface area contributed by atoms with Crippen molar-refractivity contribution >= 4 is 54.2 Å². The third-order valence-electron chi connectivity index (χ3n) is 9.64. The summed E-state index contributed by atoms with van der Waals surface area (Å²) in [5, 5.41) is 9.59. The molecule has 9 aromatic rings. The second-order valence-electron chi connectivity index (χ2n) is 13.6. The average molecular weight is 604 g/mol. The zero-order valence-corrected chi connectivity index (χ0v) is 26.7. The van der Waals surface area contributed by atoms with Gasteiger partial charge in [0.1, 0.15) is 5.52 Å². The summed E-state index contributed by atoms with van der Waals surface area (Å²) in [6.45, 7) is 6.80. The summed E-state index contributed by atoms with van der Waals surface area (Å²) in [7, 11) is 0. The van der Waals surface area contributed by atoms with Gasteiger partial charge in [0.05, 0.1) is 0 Å². The topological polar surface area (TPSA) is 26.0 Å². The van der Waals surface area contributed by atoms with Gasteiger partial charge in [-0.2, -0.15) is 0 Å². The molecule has 0 radical (unpaired) electrons. The van der Waals surface area contributed by atoms with Gasteiger partial charge in [-0.15, -0.1) is 0 Å². The number of aromatic nitrogens is 1. The van der Waals surface area contributed by atoms with Crippen molar-refractivity contribution in [3.05, 3.63) is 151 Å². The van der Waals surface area contributed by atoms with Crippen LogP contribution in [0, 0.1) is 0 Å². The number of hydrogen-bond acceptors (Lipinski definition) is 2. The van der Waals surface area contributed by atoms with Crippen LogP contribution in [0.25, 0.3) is 87.9 Å². The summed E-state index contributed by atoms with van der Waals surface area (Å²) < 4.78 is 6.54. The maximum atomic E-state index is 6.54. The number of fused-ring (bicyclic) bond motifs is 7. The molecule has 1 aromatic heterocycles. The van der Waals surface area contributed by atoms with Crippen LogP contribution in [0.4, 0.5) is 0 Å². The van der Waals surface area contributed by atoms with Crippen molar-refractivity contribution in [3.8, 4) is 33.7 Å². The Morgan fingerprint density at radius 2 is 1.00 bits per heavy atom. The van der Waals surface area contributed by atoms with Crippen LogP contribution in [-0.2, 0) is 5.41 Å². The number of benzene rings is 8. The first-order valence-corrected chi connectivity index (χ1v) is 16.3. The second-order valence-corrected chi connectivity index (χ2v) is 13.6. The summed E-state index contributed by atoms with van der Waals surface area (Å²) >= 11 is 0. The zero-order chi connectivity index (χ0) is 31.7. The van der Waals surface area contributed by atoms with Crippen molar-refractivity contribution in [1.29, 1.82) is 0 Å². The van der Waals surface area contributed by atoms with E-state index in [4.69, 9.17) is 9.40 Å². The normalized spacial score (nSPS) is 12.1. The highest BCUT2D eigenvalue weighted by Crippen LogP contribution is 2.45. The first kappa shape index (κ1) is 27.6. The van der Waals surface area contributed by atoms with E-state index in [1.807, 2.05) is 30.3 Å². The minimum Gasteiger partial charge on any atom is -0.435 e. The quantitative estimate of drug-likeness (QED) is 0.148. The van der Waals surface area contributed by atoms with E-state index in [2.05, 4.69) is 136 Å². The van der Waals surface area contributed by atoms with Gasteiger partial charge < -0.3 is 4.42 Å². The van der Waals surface area contributed by atoms with E-state index in [9.17, 15) is 0 Å². The molecular formula is C45H33NO. The summed E-state index contributed by atoms with van der Waals surface area (Å²) in [4.78, 5) is 4.89. The molecule has 0 amide bonds. The third kappa shape index (κ3) is 4.44. The molecule has 0 bridgehead atoms. The molecule has 0 atom stereocenters. The zero-order valence-electron chi connectivity index (χ0n) is 26.7. The maximum absolute atomic E-state index is 6.54. The molecule has 0 saturated heterocycles. The summed E-state index contributed by atoms with van der Waals surface area (Å²) in [5.41, 5.74) is 9.07. The number of rotatable bonds is 3. The van der Waals surface area contributed by atoms with E-state index in [-0.39, 0.29) is 5.41 Å². The summed E-state index contributed by atoms with van der Waals surface area (Å²) in [6, 6.07) is 52.5. The van der Waals surface area contributed by atoms with Crippen molar-refractivity contribution in [3.63, 3.8) is 0 Å². The Balaban J connectivity index is 1.32. The van der Waals surface area contributed by atoms with E-state index in [0.29, 0.717) is 5.89 Å². The van der Waals surface area contributed by atoms with E-state index in [0.717, 1.165) is 32.8 Å². The fourth-order valence-corrected chi connectivity index (χ4v) is 7.27. The highest BCUT2D eigenvalue weighted by molar-refractivity contribution is 6.23. The van der Waals surface area contributed by atoms with Gasteiger partial charge in [0.15, 0.2) is 5.58 Å². The lowest BCUT2D eigenvalue weighted by Crippen LogP contribution is -2.10. The van der Waals surface area contributed by atoms with Gasteiger partial charge in [-0.1, -0.05) is 142 Å². The van der Waals surface area contributed by atoms with Crippen LogP contribution in [0.15, 0.2) is 150 Å². The molecule has 224 valence electrons. The Labute approximate surface area is 273 Å². The SMILES string of the molecule is CC(C)(C)c1ccc(-c2c3ccccc3c(-c3ccc4ccc5ccc6nc(-c7ccccc7)oc6c5c4c3)c3ccccc23)cc1. The number of oxazole rings is 1. The molecule has 0 spiro atoms. The summed E-state index contributed by atoms with van der Waals surface area (Å²) in [6.07, 6.45) is 0. The average Bonchev–Trinajstić information content (AvgIpc) is 3.55. The standard InChI is InChI=1S/C45H33NO/c1-45(2,3)33-24-21-29(22-25-33)40-34-13-7-9-15-36(34)41(37-16-10-8-14-35(37)40)32-20-18-28-17-19-30-23-26-39-43(42(30)38(28)27-32)47-44(46-39)31-11-5-4-6-12-31/h4-27H,1-3H3. The van der Waals surface area contributed by atoms with E-state index in [1.165, 1.54) is 54.7 Å². The molecule has 2 nitrogen and oxygen atoms in total. The van der Waals surface area contributed by atoms with Gasteiger partial charge in [-0.3, -0.25) is 0 Å². The van der Waals surface area contributed by atoms with Crippen LogP contribution in [0.1, 0.15) is 26.3 Å². The molecule has 0 aliphatic heterocycles. The van der Waals surface area contributed by atoms with Crippen LogP contribution in [0.5, 0.6) is 0 Å². The molecule has 0 aliphatic rings. The Morgan fingerprint density at radius 1 is 0.468 bits per heavy atom. The fourth-order valence-electron chi connectivity index (χ4n) is 7.27. The van der Waals surface area contributed by atoms with Crippen molar-refractivity contribution in [2.24, 2.45) is 0 Å². The molecule has 0 N–H and O–H groups in total. The molecule has 1 heterocycles. The lowest BCUT2D eigenvalue weighted by Gasteiger charge is -2.21. The first-order chi connectivity index (χ1) is 22.9. The predicted octanol–water partition coefficient (Wildman–Crippen LogP) is 12.7. The van der Waals surface area contributed by atoms with Crippen molar-refractivity contribution in [2.45, 2.75) is 26.2 Å². The maximum Gasteiger partial charge on any atom is 0.227 e. The Hall–Kier alpha value is -5.73. The number of nitrogens with zero attached hydrogens (tertiary/aromatic N) is 1. The highest BCUT2D eigenvalue weighted by Gasteiger charge is 2.19. The Morgan fingerprint density at radius 3 is 1.64 bits per heavy atom. The number of hydrogen-bond donors (Lipinski definition) is 0. The minimum atomic E-state index is 0.104. The first-order valence-electron chi connectivity index (χ1n) is 16.3. The molecular weight excluding hydrogens is 571 g/mol. The van der Waals surface area contributed by atoms with Gasteiger partial charge in [-0.25, -0.2) is 4.98 Å². The predicted molar refractivity (Wildman–Crippen MR) is 199 cm³/mol. The van der Waals surface area contributed by atoms with Crippen molar-refractivity contribution < 1.29 is 4.42 Å². The highest BCUT2D eigenvalue weighted by atomic mass is 16.3. The van der Waals surface area contributed by atoms with Gasteiger partial charge in [0, 0.05) is 10.9 Å². The van der Waals surface area contributed by atoms with Crippen molar-refractivity contribution in [1.82, 2.24) is 4.98 Å². The van der Waals surface area contributed by atoms with Crippen LogP contribution in [-0.4, -0.2) is 4.98 Å². The summed E-state index contributed by atoms with van der Waals surface area (Å²) in [5.74, 6) is 0.643. The fraction of sp³-hybridized carbons (Fsp3) is 0.0889. The van der Waals surface area contributed by atoms with Crippen LogP contribution in [0.3, 0.4) is 0 Å². The molecule has 0 aliphatic carbocycles. The molecule has 2 heteroatoms. The van der Waals surface area contributed by atoms with Gasteiger partial charge in [0.25, 0.3) is 0 Å². The second kappa shape index (κ2) is 10.4. The third-order valence-corrected chi connectivity index (χ3v) is 9.64. The Kier molecular flexibility index (Phi) is 6.10. The van der Waals surface area contributed by atoms with Gasteiger partial charge in [-0.05, 0) is 95.2 Å². The molecule has 0 saturated carbocycles. The Bertz CT molecular complexity index is 2580. The molecule has 9 rings (SSSR count). The molecule has 47 heavy (non-hydrogen) atoms. The van der Waals surface area contributed by atoms with Gasteiger partial charge in [0.2, 0.25) is 5.89 Å². The monoisotopic (exact) mass is 603 g/mol. The van der Waals surface area contributed by atoms with Crippen LogP contribution in [0.2, 0.25) is 0 Å². The van der Waals surface area contributed by atoms with Gasteiger partial charge >= 0.3 is 0 Å². The van der Waals surface area contributed by atoms with E-state index >= 15 is 0 Å². The van der Waals surface area contributed by atoms with Crippen LogP contribution >= 0.6 is 0 Å². The lowest BCUT2D eigenvalue weighted by atomic mass is 9.83. The lowest BCUT2D eigenvalue weighted by molar-refractivity contribution is 0.590. The van der Waals surface area contributed by atoms with Crippen LogP contribution < -0.4 is 0 Å². The van der Waals surface area contributed by atoms with Crippen molar-refractivity contribution in [2.75, 3.05) is 0 Å². The minimum absolute atomic E-state index is 0.104.